The SMILES string of the molecule is O=C(N[C@@H]1CCOC[C@H]1Oc1cccc(F)c1)c1n[nH]c2ccccc12. The first-order valence-corrected chi connectivity index (χ1v) is 8.44. The number of ether oxygens (including phenoxy) is 2. The summed E-state index contributed by atoms with van der Waals surface area (Å²) in [7, 11) is 0. The average molecular weight is 355 g/mol. The lowest BCUT2D eigenvalue weighted by atomic mass is 10.1. The monoisotopic (exact) mass is 355 g/mol. The minimum absolute atomic E-state index is 0.255. The Kier molecular flexibility index (Phi) is 4.53. The number of nitrogens with zero attached hydrogens (tertiary/aromatic N) is 1. The number of fused-ring (bicyclic) bond motifs is 1. The van der Waals surface area contributed by atoms with Crippen molar-refractivity contribution in [2.45, 2.75) is 18.6 Å². The lowest BCUT2D eigenvalue weighted by Crippen LogP contribution is -2.51. The van der Waals surface area contributed by atoms with Gasteiger partial charge in [0.1, 0.15) is 17.7 Å². The van der Waals surface area contributed by atoms with Gasteiger partial charge in [0.05, 0.1) is 18.2 Å². The van der Waals surface area contributed by atoms with Gasteiger partial charge in [-0.3, -0.25) is 9.89 Å². The molecule has 1 fully saturated rings. The third-order valence-electron chi connectivity index (χ3n) is 4.39. The van der Waals surface area contributed by atoms with E-state index in [0.29, 0.717) is 31.1 Å². The molecular weight excluding hydrogens is 337 g/mol. The largest absolute Gasteiger partial charge is 0.486 e. The fourth-order valence-corrected chi connectivity index (χ4v) is 3.08. The molecule has 1 aliphatic rings. The molecule has 1 amide bonds. The minimum Gasteiger partial charge on any atom is -0.486 e. The van der Waals surface area contributed by atoms with Crippen molar-refractivity contribution in [2.24, 2.45) is 0 Å². The predicted octanol–water partition coefficient (Wildman–Crippen LogP) is 2.67. The van der Waals surface area contributed by atoms with Gasteiger partial charge in [-0.1, -0.05) is 24.3 Å². The fourth-order valence-electron chi connectivity index (χ4n) is 3.08. The van der Waals surface area contributed by atoms with Crippen molar-refractivity contribution in [1.82, 2.24) is 15.5 Å². The highest BCUT2D eigenvalue weighted by atomic mass is 19.1. The van der Waals surface area contributed by atoms with Gasteiger partial charge in [0, 0.05) is 18.1 Å². The van der Waals surface area contributed by atoms with E-state index in [4.69, 9.17) is 9.47 Å². The van der Waals surface area contributed by atoms with Gasteiger partial charge in [0.15, 0.2) is 5.69 Å². The van der Waals surface area contributed by atoms with Crippen LogP contribution < -0.4 is 10.1 Å². The number of para-hydroxylation sites is 1. The fraction of sp³-hybridized carbons (Fsp3) is 0.263. The normalized spacial score (nSPS) is 20.0. The number of H-pyrrole nitrogens is 1. The van der Waals surface area contributed by atoms with E-state index < -0.39 is 6.10 Å². The standard InChI is InChI=1S/C19H18FN3O3/c20-12-4-3-5-13(10-12)26-17-11-25-9-8-16(17)21-19(24)18-14-6-1-2-7-15(14)22-23-18/h1-7,10,16-17H,8-9,11H2,(H,21,24)(H,22,23)/t16-,17-/m1/s1. The summed E-state index contributed by atoms with van der Waals surface area (Å²) in [5, 5.41) is 10.7. The number of aromatic amines is 1. The maximum absolute atomic E-state index is 13.4. The number of hydrogen-bond donors (Lipinski definition) is 2. The molecule has 1 aliphatic heterocycles. The number of carbonyl (C=O) groups excluding carboxylic acids is 1. The first kappa shape index (κ1) is 16.5. The Morgan fingerprint density at radius 3 is 3.04 bits per heavy atom. The number of hydrogen-bond acceptors (Lipinski definition) is 4. The molecule has 2 atom stereocenters. The Bertz CT molecular complexity index is 927. The van der Waals surface area contributed by atoms with Crippen molar-refractivity contribution in [1.29, 1.82) is 0 Å². The van der Waals surface area contributed by atoms with Crippen LogP contribution in [-0.4, -0.2) is 41.5 Å². The van der Waals surface area contributed by atoms with Crippen molar-refractivity contribution in [2.75, 3.05) is 13.2 Å². The molecule has 6 nitrogen and oxygen atoms in total. The lowest BCUT2D eigenvalue weighted by Gasteiger charge is -2.32. The molecule has 2 aromatic carbocycles. The van der Waals surface area contributed by atoms with E-state index in [1.54, 1.807) is 12.1 Å². The van der Waals surface area contributed by atoms with E-state index in [1.165, 1.54) is 12.1 Å². The quantitative estimate of drug-likeness (QED) is 0.754. The third-order valence-corrected chi connectivity index (χ3v) is 4.39. The Morgan fingerprint density at radius 2 is 2.15 bits per heavy atom. The van der Waals surface area contributed by atoms with Gasteiger partial charge in [-0.25, -0.2) is 4.39 Å². The Labute approximate surface area is 149 Å². The molecule has 0 radical (unpaired) electrons. The molecule has 7 heteroatoms. The van der Waals surface area contributed by atoms with Crippen LogP contribution in [0.5, 0.6) is 5.75 Å². The first-order valence-electron chi connectivity index (χ1n) is 8.44. The molecule has 0 saturated carbocycles. The van der Waals surface area contributed by atoms with E-state index in [9.17, 15) is 9.18 Å². The zero-order valence-corrected chi connectivity index (χ0v) is 13.9. The number of aromatic nitrogens is 2. The molecule has 134 valence electrons. The van der Waals surface area contributed by atoms with Gasteiger partial charge in [-0.15, -0.1) is 0 Å². The van der Waals surface area contributed by atoms with Gasteiger partial charge < -0.3 is 14.8 Å². The molecular formula is C19H18FN3O3. The Morgan fingerprint density at radius 1 is 1.27 bits per heavy atom. The van der Waals surface area contributed by atoms with Crippen LogP contribution in [0.1, 0.15) is 16.9 Å². The average Bonchev–Trinajstić information content (AvgIpc) is 3.08. The van der Waals surface area contributed by atoms with E-state index in [2.05, 4.69) is 15.5 Å². The first-order chi connectivity index (χ1) is 12.7. The molecule has 0 unspecified atom stereocenters. The number of nitrogens with one attached hydrogen (secondary N) is 2. The predicted molar refractivity (Wildman–Crippen MR) is 93.6 cm³/mol. The number of amides is 1. The highest BCUT2D eigenvalue weighted by Gasteiger charge is 2.30. The molecule has 4 rings (SSSR count). The molecule has 3 aromatic rings. The summed E-state index contributed by atoms with van der Waals surface area (Å²) in [5.74, 6) is -0.241. The van der Waals surface area contributed by atoms with Gasteiger partial charge in [-0.05, 0) is 24.6 Å². The summed E-state index contributed by atoms with van der Waals surface area (Å²) < 4.78 is 24.7. The molecule has 2 N–H and O–H groups in total. The smallest absolute Gasteiger partial charge is 0.272 e. The number of benzene rings is 2. The molecule has 1 aromatic heterocycles. The van der Waals surface area contributed by atoms with Crippen molar-refractivity contribution < 1.29 is 18.7 Å². The highest BCUT2D eigenvalue weighted by Crippen LogP contribution is 2.20. The molecule has 2 heterocycles. The van der Waals surface area contributed by atoms with Crippen LogP contribution >= 0.6 is 0 Å². The summed E-state index contributed by atoms with van der Waals surface area (Å²) in [6.07, 6.45) is 0.202. The molecule has 26 heavy (non-hydrogen) atoms. The molecule has 1 saturated heterocycles. The van der Waals surface area contributed by atoms with Gasteiger partial charge in [0.2, 0.25) is 0 Å². The minimum atomic E-state index is -0.403. The van der Waals surface area contributed by atoms with E-state index in [0.717, 1.165) is 10.9 Å². The van der Waals surface area contributed by atoms with Crippen molar-refractivity contribution in [3.8, 4) is 5.75 Å². The Balaban J connectivity index is 1.50. The van der Waals surface area contributed by atoms with E-state index in [1.807, 2.05) is 24.3 Å². The van der Waals surface area contributed by atoms with Crippen molar-refractivity contribution >= 4 is 16.8 Å². The van der Waals surface area contributed by atoms with Gasteiger partial charge in [0.25, 0.3) is 5.91 Å². The van der Waals surface area contributed by atoms with Crippen LogP contribution in [0.4, 0.5) is 4.39 Å². The van der Waals surface area contributed by atoms with Crippen LogP contribution in [0.2, 0.25) is 0 Å². The second kappa shape index (κ2) is 7.13. The number of rotatable bonds is 4. The van der Waals surface area contributed by atoms with Crippen LogP contribution in [0, 0.1) is 5.82 Å². The van der Waals surface area contributed by atoms with Crippen LogP contribution in [-0.2, 0) is 4.74 Å². The summed E-state index contributed by atoms with van der Waals surface area (Å²) in [5.41, 5.74) is 1.15. The summed E-state index contributed by atoms with van der Waals surface area (Å²) in [4.78, 5) is 12.7. The van der Waals surface area contributed by atoms with Crippen molar-refractivity contribution in [3.63, 3.8) is 0 Å². The number of carbonyl (C=O) groups is 1. The highest BCUT2D eigenvalue weighted by molar-refractivity contribution is 6.04. The Hall–Kier alpha value is -2.93. The molecule has 0 aliphatic carbocycles. The van der Waals surface area contributed by atoms with Crippen LogP contribution in [0.25, 0.3) is 10.9 Å². The second-order valence-electron chi connectivity index (χ2n) is 6.18. The van der Waals surface area contributed by atoms with Crippen LogP contribution in [0.3, 0.4) is 0 Å². The van der Waals surface area contributed by atoms with Gasteiger partial charge in [-0.2, -0.15) is 5.10 Å². The number of halogens is 1. The zero-order valence-electron chi connectivity index (χ0n) is 13.9. The van der Waals surface area contributed by atoms with Crippen molar-refractivity contribution in [3.05, 3.63) is 60.0 Å². The van der Waals surface area contributed by atoms with Gasteiger partial charge >= 0.3 is 0 Å². The summed E-state index contributed by atoms with van der Waals surface area (Å²) in [6.45, 7) is 0.845. The zero-order chi connectivity index (χ0) is 17.9. The van der Waals surface area contributed by atoms with Crippen LogP contribution in [0.15, 0.2) is 48.5 Å². The topological polar surface area (TPSA) is 76.2 Å². The second-order valence-corrected chi connectivity index (χ2v) is 6.18. The summed E-state index contributed by atoms with van der Waals surface area (Å²) in [6, 6.07) is 13.1. The van der Waals surface area contributed by atoms with E-state index in [-0.39, 0.29) is 17.8 Å². The maximum Gasteiger partial charge on any atom is 0.272 e. The molecule has 0 spiro atoms. The summed E-state index contributed by atoms with van der Waals surface area (Å²) >= 11 is 0. The maximum atomic E-state index is 13.4. The van der Waals surface area contributed by atoms with E-state index >= 15 is 0 Å². The molecule has 0 bridgehead atoms. The lowest BCUT2D eigenvalue weighted by molar-refractivity contribution is -0.0136. The third kappa shape index (κ3) is 3.39.